The standard InChI is InChI=1S/C20H18ClNO4/c1-24-18-8-13(9-19(25-2)20(18)26-3)17(23)7-4-12-11-22-16-10-14(21)5-6-15(12)16/h4-11,22H,1-3H3/b7-4+. The Bertz CT molecular complexity index is 966. The van der Waals surface area contributed by atoms with E-state index in [0.717, 1.165) is 16.5 Å². The highest BCUT2D eigenvalue weighted by molar-refractivity contribution is 6.31. The van der Waals surface area contributed by atoms with Crippen molar-refractivity contribution >= 4 is 34.4 Å². The predicted molar refractivity (Wildman–Crippen MR) is 103 cm³/mol. The van der Waals surface area contributed by atoms with Crippen LogP contribution in [0, 0.1) is 0 Å². The SMILES string of the molecule is COc1cc(C(=O)/C=C/c2c[nH]c3cc(Cl)ccc23)cc(OC)c1OC. The average molecular weight is 372 g/mol. The maximum atomic E-state index is 12.6. The molecule has 134 valence electrons. The van der Waals surface area contributed by atoms with Crippen LogP contribution in [0.25, 0.3) is 17.0 Å². The number of benzene rings is 2. The number of H-pyrrole nitrogens is 1. The highest BCUT2D eigenvalue weighted by Crippen LogP contribution is 2.38. The van der Waals surface area contributed by atoms with Crippen molar-refractivity contribution in [3.63, 3.8) is 0 Å². The van der Waals surface area contributed by atoms with E-state index < -0.39 is 0 Å². The summed E-state index contributed by atoms with van der Waals surface area (Å²) in [7, 11) is 4.54. The van der Waals surface area contributed by atoms with E-state index in [2.05, 4.69) is 4.98 Å². The molecule has 3 aromatic rings. The largest absolute Gasteiger partial charge is 0.493 e. The molecule has 6 heteroatoms. The van der Waals surface area contributed by atoms with Gasteiger partial charge in [-0.2, -0.15) is 0 Å². The molecular formula is C20H18ClNO4. The number of hydrogen-bond acceptors (Lipinski definition) is 4. The number of hydrogen-bond donors (Lipinski definition) is 1. The Kier molecular flexibility index (Phi) is 5.19. The minimum absolute atomic E-state index is 0.174. The molecule has 0 spiro atoms. The van der Waals surface area contributed by atoms with E-state index in [1.54, 1.807) is 18.2 Å². The normalized spacial score (nSPS) is 11.1. The highest BCUT2D eigenvalue weighted by atomic mass is 35.5. The Balaban J connectivity index is 1.93. The predicted octanol–water partition coefficient (Wildman–Crippen LogP) is 4.74. The summed E-state index contributed by atoms with van der Waals surface area (Å²) in [5, 5.41) is 1.65. The Hall–Kier alpha value is -2.92. The molecule has 0 saturated heterocycles. The van der Waals surface area contributed by atoms with Crippen LogP contribution in [0.5, 0.6) is 17.2 Å². The molecule has 26 heavy (non-hydrogen) atoms. The van der Waals surface area contributed by atoms with Crippen LogP contribution < -0.4 is 14.2 Å². The lowest BCUT2D eigenvalue weighted by Crippen LogP contribution is -2.00. The van der Waals surface area contributed by atoms with E-state index in [1.807, 2.05) is 24.4 Å². The van der Waals surface area contributed by atoms with Gasteiger partial charge in [-0.15, -0.1) is 0 Å². The highest BCUT2D eigenvalue weighted by Gasteiger charge is 2.15. The van der Waals surface area contributed by atoms with Crippen LogP contribution in [0.15, 0.2) is 42.6 Å². The topological polar surface area (TPSA) is 60.6 Å². The molecule has 0 aliphatic heterocycles. The van der Waals surface area contributed by atoms with Gasteiger partial charge in [0.1, 0.15) is 0 Å². The third-order valence-corrected chi connectivity index (χ3v) is 4.27. The van der Waals surface area contributed by atoms with E-state index in [9.17, 15) is 4.79 Å². The first-order chi connectivity index (χ1) is 12.6. The van der Waals surface area contributed by atoms with Crippen molar-refractivity contribution in [3.8, 4) is 17.2 Å². The zero-order chi connectivity index (χ0) is 18.7. The van der Waals surface area contributed by atoms with Gasteiger partial charge in [0, 0.05) is 27.7 Å². The quantitative estimate of drug-likeness (QED) is 0.502. The van der Waals surface area contributed by atoms with E-state index in [-0.39, 0.29) is 5.78 Å². The number of aromatic nitrogens is 1. The van der Waals surface area contributed by atoms with Gasteiger partial charge < -0.3 is 19.2 Å². The molecule has 1 aromatic heterocycles. The number of carbonyl (C=O) groups excluding carboxylic acids is 1. The van der Waals surface area contributed by atoms with Gasteiger partial charge >= 0.3 is 0 Å². The molecule has 0 atom stereocenters. The minimum Gasteiger partial charge on any atom is -0.493 e. The van der Waals surface area contributed by atoms with Crippen molar-refractivity contribution in [2.75, 3.05) is 21.3 Å². The molecule has 0 amide bonds. The number of halogens is 1. The van der Waals surface area contributed by atoms with Crippen LogP contribution in [0.3, 0.4) is 0 Å². The number of methoxy groups -OCH3 is 3. The molecule has 1 heterocycles. The van der Waals surface area contributed by atoms with Gasteiger partial charge in [-0.3, -0.25) is 4.79 Å². The van der Waals surface area contributed by atoms with Crippen molar-refractivity contribution in [2.45, 2.75) is 0 Å². The summed E-state index contributed by atoms with van der Waals surface area (Å²) < 4.78 is 15.9. The molecule has 0 bridgehead atoms. The smallest absolute Gasteiger partial charge is 0.203 e. The summed E-state index contributed by atoms with van der Waals surface area (Å²) in [5.41, 5.74) is 2.26. The number of aromatic amines is 1. The maximum Gasteiger partial charge on any atom is 0.203 e. The number of nitrogens with one attached hydrogen (secondary N) is 1. The summed E-state index contributed by atoms with van der Waals surface area (Å²) >= 11 is 5.99. The monoisotopic (exact) mass is 371 g/mol. The Morgan fingerprint density at radius 3 is 2.35 bits per heavy atom. The Morgan fingerprint density at radius 1 is 1.04 bits per heavy atom. The Labute approximate surface area is 156 Å². The summed E-state index contributed by atoms with van der Waals surface area (Å²) in [6.45, 7) is 0. The number of fused-ring (bicyclic) bond motifs is 1. The molecule has 0 aliphatic carbocycles. The third-order valence-electron chi connectivity index (χ3n) is 4.04. The molecule has 2 aromatic carbocycles. The fourth-order valence-electron chi connectivity index (χ4n) is 2.74. The van der Waals surface area contributed by atoms with Crippen LogP contribution in [0.4, 0.5) is 0 Å². The number of ether oxygens (including phenoxy) is 3. The van der Waals surface area contributed by atoms with Gasteiger partial charge in [0.25, 0.3) is 0 Å². The van der Waals surface area contributed by atoms with Crippen molar-refractivity contribution < 1.29 is 19.0 Å². The van der Waals surface area contributed by atoms with Crippen LogP contribution in [-0.2, 0) is 0 Å². The van der Waals surface area contributed by atoms with Crippen molar-refractivity contribution in [2.24, 2.45) is 0 Å². The lowest BCUT2D eigenvalue weighted by molar-refractivity contribution is 0.104. The van der Waals surface area contributed by atoms with E-state index in [0.29, 0.717) is 27.8 Å². The molecule has 0 aliphatic rings. The number of carbonyl (C=O) groups is 1. The lowest BCUT2D eigenvalue weighted by Gasteiger charge is -2.13. The summed E-state index contributed by atoms with van der Waals surface area (Å²) in [5.74, 6) is 1.15. The van der Waals surface area contributed by atoms with Crippen LogP contribution in [0.2, 0.25) is 5.02 Å². The first-order valence-electron chi connectivity index (χ1n) is 7.86. The molecular weight excluding hydrogens is 354 g/mol. The molecule has 1 N–H and O–H groups in total. The lowest BCUT2D eigenvalue weighted by atomic mass is 10.1. The molecule has 0 radical (unpaired) electrons. The second-order valence-corrected chi connectivity index (χ2v) is 5.98. The second kappa shape index (κ2) is 7.54. The van der Waals surface area contributed by atoms with E-state index in [4.69, 9.17) is 25.8 Å². The van der Waals surface area contributed by atoms with Gasteiger partial charge in [0.15, 0.2) is 17.3 Å². The van der Waals surface area contributed by atoms with Crippen LogP contribution in [-0.4, -0.2) is 32.1 Å². The zero-order valence-electron chi connectivity index (χ0n) is 14.6. The fraction of sp³-hybridized carbons (Fsp3) is 0.150. The van der Waals surface area contributed by atoms with E-state index in [1.165, 1.54) is 27.4 Å². The van der Waals surface area contributed by atoms with E-state index >= 15 is 0 Å². The molecule has 3 rings (SSSR count). The number of ketones is 1. The van der Waals surface area contributed by atoms with Crippen molar-refractivity contribution in [3.05, 3.63) is 58.8 Å². The van der Waals surface area contributed by atoms with Gasteiger partial charge in [-0.1, -0.05) is 17.7 Å². The van der Waals surface area contributed by atoms with Crippen LogP contribution in [0.1, 0.15) is 15.9 Å². The molecule has 0 unspecified atom stereocenters. The first kappa shape index (κ1) is 17.9. The number of rotatable bonds is 6. The first-order valence-corrected chi connectivity index (χ1v) is 8.24. The molecule has 5 nitrogen and oxygen atoms in total. The van der Waals surface area contributed by atoms with Crippen LogP contribution >= 0.6 is 11.6 Å². The third kappa shape index (κ3) is 3.39. The maximum absolute atomic E-state index is 12.6. The fourth-order valence-corrected chi connectivity index (χ4v) is 2.92. The van der Waals surface area contributed by atoms with Gasteiger partial charge in [0.05, 0.1) is 21.3 Å². The zero-order valence-corrected chi connectivity index (χ0v) is 15.4. The van der Waals surface area contributed by atoms with Crippen molar-refractivity contribution in [1.82, 2.24) is 4.98 Å². The summed E-state index contributed by atoms with van der Waals surface area (Å²) in [6.07, 6.45) is 5.11. The average Bonchev–Trinajstić information content (AvgIpc) is 3.06. The minimum atomic E-state index is -0.174. The van der Waals surface area contributed by atoms with Gasteiger partial charge in [-0.25, -0.2) is 0 Å². The van der Waals surface area contributed by atoms with Gasteiger partial charge in [-0.05, 0) is 42.0 Å². The number of allylic oxidation sites excluding steroid dienone is 1. The Morgan fingerprint density at radius 2 is 1.73 bits per heavy atom. The van der Waals surface area contributed by atoms with Crippen molar-refractivity contribution in [1.29, 1.82) is 0 Å². The summed E-state index contributed by atoms with van der Waals surface area (Å²) in [6, 6.07) is 8.83. The second-order valence-electron chi connectivity index (χ2n) is 5.55. The van der Waals surface area contributed by atoms with Gasteiger partial charge in [0.2, 0.25) is 5.75 Å². The summed E-state index contributed by atoms with van der Waals surface area (Å²) in [4.78, 5) is 15.7. The molecule has 0 saturated carbocycles. The molecule has 0 fully saturated rings.